The van der Waals surface area contributed by atoms with Crippen molar-refractivity contribution in [3.63, 3.8) is 0 Å². The van der Waals surface area contributed by atoms with Crippen LogP contribution in [0.2, 0.25) is 0 Å². The number of imide groups is 1. The number of thioether (sulfide) groups is 1. The fourth-order valence-corrected chi connectivity index (χ4v) is 1.83. The van der Waals surface area contributed by atoms with E-state index in [1.165, 1.54) is 7.11 Å². The first-order chi connectivity index (χ1) is 6.13. The zero-order valence-electron chi connectivity index (χ0n) is 7.03. The molecule has 1 heterocycles. The molecule has 1 rings (SSSR count). The normalized spacial score (nSPS) is 21.5. The van der Waals surface area contributed by atoms with Gasteiger partial charge in [0.25, 0.3) is 0 Å². The van der Waals surface area contributed by atoms with Gasteiger partial charge < -0.3 is 4.74 Å². The van der Waals surface area contributed by atoms with Crippen LogP contribution < -0.4 is 5.32 Å². The van der Waals surface area contributed by atoms with E-state index in [1.807, 2.05) is 0 Å². The number of methoxy groups -OCH3 is 1. The summed E-state index contributed by atoms with van der Waals surface area (Å²) >= 11 is 1.12. The number of nitrogens with one attached hydrogen (secondary N) is 1. The smallest absolute Gasteiger partial charge is 0.315 e. The first-order valence-corrected chi connectivity index (χ1v) is 4.70. The molecule has 1 aliphatic heterocycles. The van der Waals surface area contributed by atoms with Crippen LogP contribution in [-0.2, 0) is 19.1 Å². The number of carbonyl (C=O) groups excluding carboxylic acids is 3. The lowest BCUT2D eigenvalue weighted by molar-refractivity contribution is -0.137. The predicted molar refractivity (Wildman–Crippen MR) is 46.0 cm³/mol. The molecule has 0 spiro atoms. The number of hydrogen-bond acceptors (Lipinski definition) is 5. The second-order valence-electron chi connectivity index (χ2n) is 2.49. The highest BCUT2D eigenvalue weighted by Crippen LogP contribution is 2.18. The van der Waals surface area contributed by atoms with Crippen molar-refractivity contribution in [2.24, 2.45) is 0 Å². The molecule has 5 nitrogen and oxygen atoms in total. The molecule has 13 heavy (non-hydrogen) atoms. The second-order valence-corrected chi connectivity index (χ2v) is 3.68. The Kier molecular flexibility index (Phi) is 3.30. The average molecular weight is 203 g/mol. The van der Waals surface area contributed by atoms with E-state index in [0.29, 0.717) is 0 Å². The molecule has 1 aliphatic rings. The van der Waals surface area contributed by atoms with Crippen LogP contribution in [0.15, 0.2) is 0 Å². The van der Waals surface area contributed by atoms with Crippen LogP contribution in [0.4, 0.5) is 0 Å². The van der Waals surface area contributed by atoms with Crippen LogP contribution in [0.1, 0.15) is 6.42 Å². The van der Waals surface area contributed by atoms with Crippen LogP contribution in [0.3, 0.4) is 0 Å². The van der Waals surface area contributed by atoms with Gasteiger partial charge in [-0.15, -0.1) is 11.8 Å². The van der Waals surface area contributed by atoms with Gasteiger partial charge in [-0.25, -0.2) is 0 Å². The van der Waals surface area contributed by atoms with Crippen LogP contribution in [0, 0.1) is 0 Å². The molecule has 1 fully saturated rings. The summed E-state index contributed by atoms with van der Waals surface area (Å²) < 4.78 is 4.40. The van der Waals surface area contributed by atoms with Crippen molar-refractivity contribution in [3.05, 3.63) is 0 Å². The van der Waals surface area contributed by atoms with Gasteiger partial charge in [0.1, 0.15) is 0 Å². The summed E-state index contributed by atoms with van der Waals surface area (Å²) in [6.45, 7) is 0. The monoisotopic (exact) mass is 203 g/mol. The first kappa shape index (κ1) is 10.0. The maximum Gasteiger partial charge on any atom is 0.315 e. The van der Waals surface area contributed by atoms with E-state index >= 15 is 0 Å². The number of carbonyl (C=O) groups is 3. The van der Waals surface area contributed by atoms with Crippen LogP contribution >= 0.6 is 11.8 Å². The van der Waals surface area contributed by atoms with E-state index in [9.17, 15) is 14.4 Å². The molecule has 1 N–H and O–H groups in total. The minimum Gasteiger partial charge on any atom is -0.468 e. The third-order valence-electron chi connectivity index (χ3n) is 1.56. The van der Waals surface area contributed by atoms with E-state index in [-0.39, 0.29) is 24.0 Å². The third-order valence-corrected chi connectivity index (χ3v) is 2.74. The molecule has 0 bridgehead atoms. The highest BCUT2D eigenvalue weighted by atomic mass is 32.2. The Morgan fingerprint density at radius 2 is 2.38 bits per heavy atom. The molecule has 6 heteroatoms. The lowest BCUT2D eigenvalue weighted by Crippen LogP contribution is -2.23. The van der Waals surface area contributed by atoms with Crippen molar-refractivity contribution in [2.45, 2.75) is 11.7 Å². The Morgan fingerprint density at radius 3 is 2.85 bits per heavy atom. The Hall–Kier alpha value is -1.04. The molecular weight excluding hydrogens is 194 g/mol. The van der Waals surface area contributed by atoms with Gasteiger partial charge in [-0.05, 0) is 0 Å². The van der Waals surface area contributed by atoms with Gasteiger partial charge in [0.05, 0.1) is 18.1 Å². The predicted octanol–water partition coefficient (Wildman–Crippen LogP) is -0.692. The summed E-state index contributed by atoms with van der Waals surface area (Å²) in [5.41, 5.74) is 0. The Balaban J connectivity index is 2.33. The molecule has 2 amide bonds. The minimum atomic E-state index is -0.438. The summed E-state index contributed by atoms with van der Waals surface area (Å²) in [7, 11) is 1.28. The fraction of sp³-hybridized carbons (Fsp3) is 0.571. The summed E-state index contributed by atoms with van der Waals surface area (Å²) in [5, 5.41) is 1.72. The molecule has 0 saturated carbocycles. The zero-order chi connectivity index (χ0) is 9.84. The van der Waals surface area contributed by atoms with Crippen LogP contribution in [0.25, 0.3) is 0 Å². The first-order valence-electron chi connectivity index (χ1n) is 3.65. The summed E-state index contributed by atoms with van der Waals surface area (Å²) in [4.78, 5) is 32.4. The molecule has 1 saturated heterocycles. The highest BCUT2D eigenvalue weighted by molar-refractivity contribution is 8.01. The van der Waals surface area contributed by atoms with Gasteiger partial charge in [-0.3, -0.25) is 19.7 Å². The van der Waals surface area contributed by atoms with Gasteiger partial charge in [-0.1, -0.05) is 0 Å². The van der Waals surface area contributed by atoms with E-state index < -0.39 is 11.2 Å². The lowest BCUT2D eigenvalue weighted by Gasteiger charge is -2.03. The minimum absolute atomic E-state index is 0.0991. The van der Waals surface area contributed by atoms with E-state index in [4.69, 9.17) is 0 Å². The summed E-state index contributed by atoms with van der Waals surface area (Å²) in [6, 6.07) is 0. The van der Waals surface area contributed by atoms with Crippen LogP contribution in [0.5, 0.6) is 0 Å². The molecule has 1 atom stereocenters. The standard InChI is InChI=1S/C7H9NO4S/c1-12-6(10)3-13-4-2-5(9)8-7(4)11/h4H,2-3H2,1H3,(H,8,9,11). The number of hydrogen-bond donors (Lipinski definition) is 1. The van der Waals surface area contributed by atoms with E-state index in [0.717, 1.165) is 11.8 Å². The Bertz CT molecular complexity index is 253. The van der Waals surface area contributed by atoms with Crippen molar-refractivity contribution in [1.82, 2.24) is 5.32 Å². The number of ether oxygens (including phenoxy) is 1. The van der Waals surface area contributed by atoms with Crippen molar-refractivity contribution < 1.29 is 19.1 Å². The maximum absolute atomic E-state index is 11.0. The van der Waals surface area contributed by atoms with Gasteiger partial charge in [-0.2, -0.15) is 0 Å². The quantitative estimate of drug-likeness (QED) is 0.485. The molecule has 0 radical (unpaired) electrons. The summed E-state index contributed by atoms with van der Waals surface area (Å²) in [5.74, 6) is -0.898. The molecular formula is C7H9NO4S. The average Bonchev–Trinajstić information content (AvgIpc) is 2.41. The van der Waals surface area contributed by atoms with Crippen molar-refractivity contribution in [3.8, 4) is 0 Å². The van der Waals surface area contributed by atoms with Gasteiger partial charge >= 0.3 is 5.97 Å². The van der Waals surface area contributed by atoms with Crippen LogP contribution in [-0.4, -0.2) is 35.9 Å². The maximum atomic E-state index is 11.0. The summed E-state index contributed by atoms with van der Waals surface area (Å²) in [6.07, 6.45) is 0.153. The Labute approximate surface area is 79.2 Å². The van der Waals surface area contributed by atoms with Gasteiger partial charge in [0, 0.05) is 6.42 Å². The topological polar surface area (TPSA) is 72.5 Å². The largest absolute Gasteiger partial charge is 0.468 e. The fourth-order valence-electron chi connectivity index (χ4n) is 0.892. The van der Waals surface area contributed by atoms with Crippen molar-refractivity contribution >= 4 is 29.5 Å². The van der Waals surface area contributed by atoms with Crippen molar-refractivity contribution in [1.29, 1.82) is 0 Å². The van der Waals surface area contributed by atoms with E-state index in [2.05, 4.69) is 10.1 Å². The van der Waals surface area contributed by atoms with Gasteiger partial charge in [0.2, 0.25) is 11.8 Å². The lowest BCUT2D eigenvalue weighted by atomic mass is 10.4. The number of rotatable bonds is 3. The van der Waals surface area contributed by atoms with E-state index in [1.54, 1.807) is 0 Å². The highest BCUT2D eigenvalue weighted by Gasteiger charge is 2.31. The van der Waals surface area contributed by atoms with Crippen molar-refractivity contribution in [2.75, 3.05) is 12.9 Å². The number of amides is 2. The zero-order valence-corrected chi connectivity index (χ0v) is 7.85. The molecule has 72 valence electrons. The molecule has 0 aromatic carbocycles. The van der Waals surface area contributed by atoms with Gasteiger partial charge in [0.15, 0.2) is 0 Å². The molecule has 0 aromatic heterocycles. The Morgan fingerprint density at radius 1 is 1.69 bits per heavy atom. The second kappa shape index (κ2) is 4.27. The third kappa shape index (κ3) is 2.73. The SMILES string of the molecule is COC(=O)CSC1CC(=O)NC1=O. The number of esters is 1. The molecule has 1 unspecified atom stereocenters. The molecule has 0 aliphatic carbocycles. The molecule has 0 aromatic rings.